The molecule has 10 nitrogen and oxygen atoms in total. The summed E-state index contributed by atoms with van der Waals surface area (Å²) in [5.74, 6) is -0.415. The van der Waals surface area contributed by atoms with Crippen molar-refractivity contribution in [2.45, 2.75) is 13.8 Å². The molecule has 1 saturated heterocycles. The van der Waals surface area contributed by atoms with Gasteiger partial charge in [0.1, 0.15) is 18.3 Å². The van der Waals surface area contributed by atoms with Gasteiger partial charge in [0.15, 0.2) is 0 Å². The summed E-state index contributed by atoms with van der Waals surface area (Å²) in [6.45, 7) is 9.29. The SMILES string of the molecule is CCN1CCN(c2ccc(NC(=O)c3ccc(-n4cncn4)c([N+](=O)[O-])c3)cc2C)CC1. The van der Waals surface area contributed by atoms with Crippen LogP contribution in [0.2, 0.25) is 0 Å². The van der Waals surface area contributed by atoms with E-state index >= 15 is 0 Å². The van der Waals surface area contributed by atoms with Crippen LogP contribution < -0.4 is 10.2 Å². The van der Waals surface area contributed by atoms with Crippen molar-refractivity contribution in [2.75, 3.05) is 42.9 Å². The second-order valence-electron chi connectivity index (χ2n) is 7.68. The number of rotatable bonds is 6. The molecule has 4 rings (SSSR count). The van der Waals surface area contributed by atoms with Gasteiger partial charge in [-0.05, 0) is 49.4 Å². The Morgan fingerprint density at radius 1 is 1.12 bits per heavy atom. The number of carbonyl (C=O) groups is 1. The minimum Gasteiger partial charge on any atom is -0.369 e. The first-order valence-corrected chi connectivity index (χ1v) is 10.5. The lowest BCUT2D eigenvalue weighted by atomic mass is 10.1. The van der Waals surface area contributed by atoms with Gasteiger partial charge >= 0.3 is 0 Å². The largest absolute Gasteiger partial charge is 0.369 e. The molecule has 1 aliphatic rings. The highest BCUT2D eigenvalue weighted by atomic mass is 16.6. The van der Waals surface area contributed by atoms with E-state index < -0.39 is 10.8 Å². The molecule has 1 aromatic heterocycles. The van der Waals surface area contributed by atoms with Gasteiger partial charge in [-0.1, -0.05) is 6.92 Å². The van der Waals surface area contributed by atoms with Crippen LogP contribution in [-0.2, 0) is 0 Å². The fourth-order valence-electron chi connectivity index (χ4n) is 3.93. The Bertz CT molecular complexity index is 1120. The van der Waals surface area contributed by atoms with Crippen molar-refractivity contribution < 1.29 is 9.72 Å². The number of hydrogen-bond donors (Lipinski definition) is 1. The third-order valence-electron chi connectivity index (χ3n) is 5.71. The first-order valence-electron chi connectivity index (χ1n) is 10.5. The van der Waals surface area contributed by atoms with Crippen molar-refractivity contribution in [3.05, 3.63) is 70.3 Å². The second kappa shape index (κ2) is 9.15. The summed E-state index contributed by atoms with van der Waals surface area (Å²) in [6.07, 6.45) is 2.66. The Morgan fingerprint density at radius 3 is 2.50 bits per heavy atom. The summed E-state index contributed by atoms with van der Waals surface area (Å²) < 4.78 is 1.29. The predicted molar refractivity (Wildman–Crippen MR) is 121 cm³/mol. The van der Waals surface area contributed by atoms with Gasteiger partial charge in [0, 0.05) is 49.2 Å². The quantitative estimate of drug-likeness (QED) is 0.468. The van der Waals surface area contributed by atoms with Crippen LogP contribution in [0.3, 0.4) is 0 Å². The van der Waals surface area contributed by atoms with Crippen LogP contribution in [0.25, 0.3) is 5.69 Å². The summed E-state index contributed by atoms with van der Waals surface area (Å²) in [7, 11) is 0. The van der Waals surface area contributed by atoms with Crippen molar-refractivity contribution >= 4 is 23.0 Å². The third-order valence-corrected chi connectivity index (χ3v) is 5.71. The van der Waals surface area contributed by atoms with E-state index in [2.05, 4.69) is 32.1 Å². The second-order valence-corrected chi connectivity index (χ2v) is 7.68. The number of nitrogens with zero attached hydrogens (tertiary/aromatic N) is 6. The first kappa shape index (κ1) is 21.4. The Labute approximate surface area is 185 Å². The number of anilines is 2. The van der Waals surface area contributed by atoms with E-state index in [-0.39, 0.29) is 16.9 Å². The molecule has 0 radical (unpaired) electrons. The van der Waals surface area contributed by atoms with Gasteiger partial charge in [0.25, 0.3) is 11.6 Å². The van der Waals surface area contributed by atoms with E-state index in [1.165, 1.54) is 35.5 Å². The zero-order valence-electron chi connectivity index (χ0n) is 18.1. The molecule has 166 valence electrons. The standard InChI is InChI=1S/C22H25N7O3/c1-3-26-8-10-27(11-9-26)19-7-5-18(12-16(19)2)25-22(30)17-4-6-20(21(13-17)29(31)32)28-15-23-14-24-28/h4-7,12-15H,3,8-11H2,1-2H3,(H,25,30). The Hall–Kier alpha value is -3.79. The molecule has 3 aromatic rings. The molecule has 0 atom stereocenters. The summed E-state index contributed by atoms with van der Waals surface area (Å²) in [5, 5.41) is 18.3. The lowest BCUT2D eigenvalue weighted by Gasteiger charge is -2.36. The highest BCUT2D eigenvalue weighted by molar-refractivity contribution is 6.05. The minimum absolute atomic E-state index is 0.193. The van der Waals surface area contributed by atoms with Crippen molar-refractivity contribution in [3.8, 4) is 5.69 Å². The highest BCUT2D eigenvalue weighted by Crippen LogP contribution is 2.27. The van der Waals surface area contributed by atoms with Crippen LogP contribution in [0.5, 0.6) is 0 Å². The number of carbonyl (C=O) groups excluding carboxylic acids is 1. The molecule has 0 saturated carbocycles. The number of nitrogens with one attached hydrogen (secondary N) is 1. The van der Waals surface area contributed by atoms with E-state index in [0.717, 1.165) is 44.0 Å². The zero-order chi connectivity index (χ0) is 22.7. The molecule has 0 unspecified atom stereocenters. The summed E-state index contributed by atoms with van der Waals surface area (Å²) in [4.78, 5) is 32.4. The van der Waals surface area contributed by atoms with E-state index in [0.29, 0.717) is 5.69 Å². The molecular weight excluding hydrogens is 410 g/mol. The molecule has 2 aromatic carbocycles. The number of aryl methyl sites for hydroxylation is 1. The predicted octanol–water partition coefficient (Wildman–Crippen LogP) is 2.88. The third kappa shape index (κ3) is 4.45. The fourth-order valence-corrected chi connectivity index (χ4v) is 3.93. The van der Waals surface area contributed by atoms with Crippen LogP contribution in [0.1, 0.15) is 22.8 Å². The van der Waals surface area contributed by atoms with Gasteiger partial charge in [-0.2, -0.15) is 5.10 Å². The first-order chi connectivity index (χ1) is 15.5. The van der Waals surface area contributed by atoms with Crippen molar-refractivity contribution in [1.82, 2.24) is 19.7 Å². The molecule has 1 aliphatic heterocycles. The van der Waals surface area contributed by atoms with E-state index in [9.17, 15) is 14.9 Å². The number of nitro benzene ring substituents is 1. The molecular formula is C22H25N7O3. The maximum atomic E-state index is 12.8. The fraction of sp³-hybridized carbons (Fsp3) is 0.318. The molecule has 32 heavy (non-hydrogen) atoms. The van der Waals surface area contributed by atoms with Crippen LogP contribution in [0.15, 0.2) is 49.1 Å². The van der Waals surface area contributed by atoms with Gasteiger partial charge < -0.3 is 15.1 Å². The molecule has 1 amide bonds. The zero-order valence-corrected chi connectivity index (χ0v) is 18.1. The number of piperazine rings is 1. The van der Waals surface area contributed by atoms with Crippen LogP contribution in [-0.4, -0.2) is 63.2 Å². The number of likely N-dealkylation sites (N-methyl/N-ethyl adjacent to an activating group) is 1. The number of hydrogen-bond acceptors (Lipinski definition) is 7. The minimum atomic E-state index is -0.537. The summed E-state index contributed by atoms with van der Waals surface area (Å²) >= 11 is 0. The van der Waals surface area contributed by atoms with Crippen molar-refractivity contribution in [2.24, 2.45) is 0 Å². The summed E-state index contributed by atoms with van der Waals surface area (Å²) in [5.41, 5.74) is 3.09. The van der Waals surface area contributed by atoms with E-state index in [1.807, 2.05) is 25.1 Å². The Morgan fingerprint density at radius 2 is 1.88 bits per heavy atom. The lowest BCUT2D eigenvalue weighted by Crippen LogP contribution is -2.46. The molecule has 1 fully saturated rings. The average Bonchev–Trinajstić information content (AvgIpc) is 3.34. The normalized spacial score (nSPS) is 14.4. The van der Waals surface area contributed by atoms with Crippen LogP contribution in [0.4, 0.5) is 17.1 Å². The molecule has 0 spiro atoms. The van der Waals surface area contributed by atoms with Crippen molar-refractivity contribution in [3.63, 3.8) is 0 Å². The highest BCUT2D eigenvalue weighted by Gasteiger charge is 2.20. The Kier molecular flexibility index (Phi) is 6.13. The number of amides is 1. The summed E-state index contributed by atoms with van der Waals surface area (Å²) in [6, 6.07) is 10.1. The number of nitro groups is 1. The van der Waals surface area contributed by atoms with E-state index in [1.54, 1.807) is 0 Å². The average molecular weight is 435 g/mol. The van der Waals surface area contributed by atoms with Crippen LogP contribution >= 0.6 is 0 Å². The molecule has 0 aliphatic carbocycles. The van der Waals surface area contributed by atoms with Gasteiger partial charge in [0.2, 0.25) is 0 Å². The number of benzene rings is 2. The van der Waals surface area contributed by atoms with Crippen molar-refractivity contribution in [1.29, 1.82) is 0 Å². The maximum Gasteiger partial charge on any atom is 0.295 e. The Balaban J connectivity index is 1.50. The number of aromatic nitrogens is 3. The lowest BCUT2D eigenvalue weighted by molar-refractivity contribution is -0.384. The van der Waals surface area contributed by atoms with E-state index in [4.69, 9.17) is 0 Å². The van der Waals surface area contributed by atoms with Gasteiger partial charge in [-0.3, -0.25) is 14.9 Å². The monoisotopic (exact) mass is 435 g/mol. The smallest absolute Gasteiger partial charge is 0.295 e. The molecule has 10 heteroatoms. The topological polar surface area (TPSA) is 109 Å². The van der Waals surface area contributed by atoms with Gasteiger partial charge in [-0.15, -0.1) is 0 Å². The van der Waals surface area contributed by atoms with Gasteiger partial charge in [0.05, 0.1) is 4.92 Å². The molecule has 2 heterocycles. The molecule has 0 bridgehead atoms. The van der Waals surface area contributed by atoms with Gasteiger partial charge in [-0.25, -0.2) is 9.67 Å². The maximum absolute atomic E-state index is 12.8. The molecule has 1 N–H and O–H groups in total. The van der Waals surface area contributed by atoms with Crippen LogP contribution in [0, 0.1) is 17.0 Å².